The Kier molecular flexibility index (Phi) is 5.13. The van der Waals surface area contributed by atoms with Crippen molar-refractivity contribution in [2.24, 2.45) is 13.0 Å². The monoisotopic (exact) mass is 399 g/mol. The maximum atomic E-state index is 12.5. The SMILES string of the molecule is Cn1ccc(C(=O)N[C@H]2CO[C@H]3[C@@H]2OC[C@@H]3n2cc(CC3CCCCC3)nn2)c1. The predicted octanol–water partition coefficient (Wildman–Crippen LogP) is 1.88. The summed E-state index contributed by atoms with van der Waals surface area (Å²) in [6.45, 7) is 0.979. The molecule has 0 radical (unpaired) electrons. The number of nitrogens with one attached hydrogen (secondary N) is 1. The molecule has 1 amide bonds. The summed E-state index contributed by atoms with van der Waals surface area (Å²) in [5.41, 5.74) is 1.71. The minimum atomic E-state index is -0.154. The van der Waals surface area contributed by atoms with Gasteiger partial charge in [-0.15, -0.1) is 5.10 Å². The molecule has 0 aromatic carbocycles. The summed E-state index contributed by atoms with van der Waals surface area (Å²) in [5.74, 6) is 0.643. The molecule has 0 bridgehead atoms. The number of ether oxygens (including phenoxy) is 2. The maximum absolute atomic E-state index is 12.5. The summed E-state index contributed by atoms with van der Waals surface area (Å²) >= 11 is 0. The summed E-state index contributed by atoms with van der Waals surface area (Å²) in [6.07, 6.45) is 13.1. The fourth-order valence-corrected chi connectivity index (χ4v) is 4.98. The lowest BCUT2D eigenvalue weighted by Crippen LogP contribution is -2.44. The smallest absolute Gasteiger partial charge is 0.253 e. The minimum Gasteiger partial charge on any atom is -0.371 e. The molecule has 8 nitrogen and oxygen atoms in total. The lowest BCUT2D eigenvalue weighted by atomic mass is 9.86. The number of hydrogen-bond acceptors (Lipinski definition) is 5. The van der Waals surface area contributed by atoms with E-state index in [-0.39, 0.29) is 30.2 Å². The Labute approximate surface area is 170 Å². The van der Waals surface area contributed by atoms with Gasteiger partial charge in [-0.1, -0.05) is 37.3 Å². The number of amides is 1. The van der Waals surface area contributed by atoms with Crippen LogP contribution in [0.15, 0.2) is 24.7 Å². The molecule has 1 saturated carbocycles. The summed E-state index contributed by atoms with van der Waals surface area (Å²) in [5, 5.41) is 11.8. The number of fused-ring (bicyclic) bond motifs is 1. The Morgan fingerprint density at radius 1 is 1.17 bits per heavy atom. The molecule has 8 heteroatoms. The van der Waals surface area contributed by atoms with Gasteiger partial charge in [0, 0.05) is 25.6 Å². The van der Waals surface area contributed by atoms with Crippen molar-refractivity contribution >= 4 is 5.91 Å². The number of hydrogen-bond donors (Lipinski definition) is 1. The summed E-state index contributed by atoms with van der Waals surface area (Å²) in [4.78, 5) is 12.5. The Morgan fingerprint density at radius 3 is 2.79 bits per heavy atom. The van der Waals surface area contributed by atoms with Crippen LogP contribution in [0.4, 0.5) is 0 Å². The first kappa shape index (κ1) is 18.8. The van der Waals surface area contributed by atoms with Gasteiger partial charge >= 0.3 is 0 Å². The molecular weight excluding hydrogens is 370 g/mol. The standard InChI is InChI=1S/C21H29N5O3/c1-25-8-7-15(10-25)21(27)22-17-12-28-20-18(13-29-19(17)20)26-11-16(23-24-26)9-14-5-3-2-4-6-14/h7-8,10-11,14,17-20H,2-6,9,12-13H2,1H3,(H,22,27)/t17-,18-,19+,20+/m0/s1. The molecule has 4 heterocycles. The Hall–Kier alpha value is -2.19. The van der Waals surface area contributed by atoms with E-state index in [1.54, 1.807) is 0 Å². The molecule has 4 atom stereocenters. The van der Waals surface area contributed by atoms with Crippen molar-refractivity contribution in [3.8, 4) is 0 Å². The average Bonchev–Trinajstić information content (AvgIpc) is 3.49. The molecule has 0 unspecified atom stereocenters. The number of rotatable bonds is 5. The van der Waals surface area contributed by atoms with E-state index in [9.17, 15) is 4.79 Å². The third kappa shape index (κ3) is 3.83. The molecule has 1 aliphatic carbocycles. The number of carbonyl (C=O) groups excluding carboxylic acids is 1. The molecule has 3 fully saturated rings. The zero-order valence-electron chi connectivity index (χ0n) is 16.9. The molecule has 29 heavy (non-hydrogen) atoms. The Balaban J connectivity index is 1.20. The molecule has 2 aliphatic heterocycles. The highest BCUT2D eigenvalue weighted by molar-refractivity contribution is 5.94. The lowest BCUT2D eigenvalue weighted by molar-refractivity contribution is 0.0613. The van der Waals surface area contributed by atoms with Crippen LogP contribution >= 0.6 is 0 Å². The minimum absolute atomic E-state index is 0.00577. The summed E-state index contributed by atoms with van der Waals surface area (Å²) in [7, 11) is 1.90. The van der Waals surface area contributed by atoms with Crippen LogP contribution in [0.1, 0.15) is 54.2 Å². The van der Waals surface area contributed by atoms with Gasteiger partial charge < -0.3 is 19.4 Å². The third-order valence-electron chi connectivity index (χ3n) is 6.56. The van der Waals surface area contributed by atoms with Crippen molar-refractivity contribution in [2.75, 3.05) is 13.2 Å². The van der Waals surface area contributed by atoms with Crippen LogP contribution in [0.2, 0.25) is 0 Å². The van der Waals surface area contributed by atoms with Crippen molar-refractivity contribution in [3.63, 3.8) is 0 Å². The quantitative estimate of drug-likeness (QED) is 0.830. The third-order valence-corrected chi connectivity index (χ3v) is 6.56. The largest absolute Gasteiger partial charge is 0.371 e. The van der Waals surface area contributed by atoms with Gasteiger partial charge in [-0.05, 0) is 18.4 Å². The zero-order chi connectivity index (χ0) is 19.8. The highest BCUT2D eigenvalue weighted by Crippen LogP contribution is 2.34. The Morgan fingerprint density at radius 2 is 2.00 bits per heavy atom. The van der Waals surface area contributed by atoms with E-state index in [1.165, 1.54) is 32.1 Å². The number of nitrogens with zero attached hydrogens (tertiary/aromatic N) is 4. The predicted molar refractivity (Wildman–Crippen MR) is 105 cm³/mol. The maximum Gasteiger partial charge on any atom is 0.253 e. The summed E-state index contributed by atoms with van der Waals surface area (Å²) in [6, 6.07) is 1.67. The summed E-state index contributed by atoms with van der Waals surface area (Å²) < 4.78 is 15.8. The first-order valence-electron chi connectivity index (χ1n) is 10.7. The van der Waals surface area contributed by atoms with E-state index >= 15 is 0 Å². The molecule has 5 rings (SSSR count). The van der Waals surface area contributed by atoms with Gasteiger partial charge in [0.2, 0.25) is 0 Å². The van der Waals surface area contributed by atoms with Crippen LogP contribution in [0.25, 0.3) is 0 Å². The van der Waals surface area contributed by atoms with Crippen molar-refractivity contribution in [2.45, 2.75) is 62.8 Å². The van der Waals surface area contributed by atoms with E-state index in [2.05, 4.69) is 21.8 Å². The van der Waals surface area contributed by atoms with Crippen LogP contribution in [-0.4, -0.2) is 56.9 Å². The second kappa shape index (κ2) is 7.91. The molecule has 1 N–H and O–H groups in total. The number of aromatic nitrogens is 4. The molecule has 2 aromatic rings. The molecule has 2 saturated heterocycles. The van der Waals surface area contributed by atoms with Gasteiger partial charge in [0.1, 0.15) is 18.2 Å². The Bertz CT molecular complexity index is 856. The van der Waals surface area contributed by atoms with Crippen LogP contribution in [0.5, 0.6) is 0 Å². The van der Waals surface area contributed by atoms with Crippen molar-refractivity contribution in [1.29, 1.82) is 0 Å². The van der Waals surface area contributed by atoms with Crippen molar-refractivity contribution < 1.29 is 14.3 Å². The highest BCUT2D eigenvalue weighted by atomic mass is 16.6. The number of carbonyl (C=O) groups is 1. The molecule has 3 aliphatic rings. The fourth-order valence-electron chi connectivity index (χ4n) is 4.98. The van der Waals surface area contributed by atoms with Crippen molar-refractivity contribution in [3.05, 3.63) is 35.9 Å². The van der Waals surface area contributed by atoms with E-state index in [1.807, 2.05) is 34.8 Å². The van der Waals surface area contributed by atoms with Crippen LogP contribution < -0.4 is 5.32 Å². The van der Waals surface area contributed by atoms with E-state index < -0.39 is 0 Å². The average molecular weight is 399 g/mol. The second-order valence-electron chi connectivity index (χ2n) is 8.71. The lowest BCUT2D eigenvalue weighted by Gasteiger charge is -2.20. The first-order chi connectivity index (χ1) is 14.2. The van der Waals surface area contributed by atoms with Gasteiger partial charge in [0.15, 0.2) is 0 Å². The van der Waals surface area contributed by atoms with Gasteiger partial charge in [-0.3, -0.25) is 4.79 Å². The molecule has 0 spiro atoms. The van der Waals surface area contributed by atoms with Crippen LogP contribution in [0.3, 0.4) is 0 Å². The highest BCUT2D eigenvalue weighted by Gasteiger charge is 2.49. The molecular formula is C21H29N5O3. The molecule has 2 aromatic heterocycles. The van der Waals surface area contributed by atoms with Gasteiger partial charge in [0.05, 0.1) is 30.5 Å². The van der Waals surface area contributed by atoms with Gasteiger partial charge in [-0.2, -0.15) is 0 Å². The molecule has 156 valence electrons. The second-order valence-corrected chi connectivity index (χ2v) is 8.71. The fraction of sp³-hybridized carbons (Fsp3) is 0.667. The van der Waals surface area contributed by atoms with E-state index in [4.69, 9.17) is 9.47 Å². The van der Waals surface area contributed by atoms with Crippen LogP contribution in [0, 0.1) is 5.92 Å². The normalized spacial score (nSPS) is 29.8. The van der Waals surface area contributed by atoms with Gasteiger partial charge in [-0.25, -0.2) is 4.68 Å². The zero-order valence-corrected chi connectivity index (χ0v) is 16.9. The van der Waals surface area contributed by atoms with Crippen molar-refractivity contribution in [1.82, 2.24) is 24.9 Å². The van der Waals surface area contributed by atoms with E-state index in [0.29, 0.717) is 18.8 Å². The van der Waals surface area contributed by atoms with Gasteiger partial charge in [0.25, 0.3) is 5.91 Å². The first-order valence-corrected chi connectivity index (χ1v) is 10.7. The van der Waals surface area contributed by atoms with E-state index in [0.717, 1.165) is 18.0 Å². The topological polar surface area (TPSA) is 83.2 Å². The number of aryl methyl sites for hydroxylation is 1. The van der Waals surface area contributed by atoms with Crippen LogP contribution in [-0.2, 0) is 22.9 Å².